The number of thiol groups is 1. The first-order valence-electron chi connectivity index (χ1n) is 11.4. The van der Waals surface area contributed by atoms with Crippen LogP contribution in [0.5, 0.6) is 0 Å². The first kappa shape index (κ1) is 25.7. The predicted molar refractivity (Wildman–Crippen MR) is 141 cm³/mol. The molecule has 2 aromatic carbocycles. The molecular weight excluding hydrogens is 461 g/mol. The van der Waals surface area contributed by atoms with Gasteiger partial charge in [0.25, 0.3) is 0 Å². The van der Waals surface area contributed by atoms with Crippen LogP contribution in [0.3, 0.4) is 0 Å². The molecule has 2 heterocycles. The fourth-order valence-corrected chi connectivity index (χ4v) is 5.11. The molecule has 32 heavy (non-hydrogen) atoms. The maximum Gasteiger partial charge on any atom is 0.133 e. The molecule has 0 aromatic heterocycles. The zero-order valence-electron chi connectivity index (χ0n) is 19.0. The van der Waals surface area contributed by atoms with E-state index >= 15 is 0 Å². The van der Waals surface area contributed by atoms with Crippen molar-refractivity contribution in [2.24, 2.45) is 5.92 Å². The van der Waals surface area contributed by atoms with Crippen LogP contribution in [-0.2, 0) is 17.7 Å². The number of nitrogens with zero attached hydrogens (tertiary/aromatic N) is 1. The number of piperidine rings is 1. The zero-order chi connectivity index (χ0) is 22.9. The van der Waals surface area contributed by atoms with Gasteiger partial charge in [-0.25, -0.2) is 0 Å². The number of benzene rings is 2. The van der Waals surface area contributed by atoms with Crippen molar-refractivity contribution in [1.29, 1.82) is 0 Å². The van der Waals surface area contributed by atoms with Gasteiger partial charge in [0.05, 0.1) is 0 Å². The van der Waals surface area contributed by atoms with Gasteiger partial charge in [-0.15, -0.1) is 0 Å². The smallest absolute Gasteiger partial charge is 0.133 e. The maximum atomic E-state index is 6.42. The molecule has 1 saturated heterocycles. The standard InChI is InChI=1S/C24H31Cl2N3O.CH4S/c1-30-24(28-15-17-9-11-27-12-10-17)19-7-8-23-18(14-19)4-3-13-29(23)16-20-21(25)5-2-6-22(20)26;1-2/h2,5-8,14,17,24,27-28H,3-4,9-13,15-16H2,1H3;2H,1H3. The summed E-state index contributed by atoms with van der Waals surface area (Å²) in [6.07, 6.45) is 6.29. The Labute approximate surface area is 208 Å². The molecule has 2 N–H and O–H groups in total. The molecule has 2 aliphatic heterocycles. The molecule has 0 radical (unpaired) electrons. The number of aryl methyl sites for hydroxylation is 1. The summed E-state index contributed by atoms with van der Waals surface area (Å²) in [4.78, 5) is 2.39. The summed E-state index contributed by atoms with van der Waals surface area (Å²) in [6.45, 7) is 4.97. The van der Waals surface area contributed by atoms with E-state index in [1.54, 1.807) is 13.4 Å². The van der Waals surface area contributed by atoms with Crippen LogP contribution in [0.2, 0.25) is 10.0 Å². The summed E-state index contributed by atoms with van der Waals surface area (Å²) in [5.74, 6) is 0.720. The lowest BCUT2D eigenvalue weighted by molar-refractivity contribution is 0.0681. The van der Waals surface area contributed by atoms with Crippen molar-refractivity contribution in [2.75, 3.05) is 44.4 Å². The van der Waals surface area contributed by atoms with Crippen LogP contribution in [-0.4, -0.2) is 39.5 Å². The highest BCUT2D eigenvalue weighted by Gasteiger charge is 2.22. The molecule has 2 aromatic rings. The van der Waals surface area contributed by atoms with Gasteiger partial charge in [-0.3, -0.25) is 5.32 Å². The largest absolute Gasteiger partial charge is 0.367 e. The second kappa shape index (κ2) is 13.1. The molecule has 1 fully saturated rings. The van der Waals surface area contributed by atoms with Gasteiger partial charge < -0.3 is 15.0 Å². The summed E-state index contributed by atoms with van der Waals surface area (Å²) < 4.78 is 5.80. The topological polar surface area (TPSA) is 36.5 Å². The minimum atomic E-state index is -0.0708. The lowest BCUT2D eigenvalue weighted by atomic mass is 9.96. The maximum absolute atomic E-state index is 6.42. The van der Waals surface area contributed by atoms with E-state index in [1.807, 2.05) is 18.2 Å². The third-order valence-electron chi connectivity index (χ3n) is 6.32. The Hall–Kier alpha value is -0.950. The fraction of sp³-hybridized carbons (Fsp3) is 0.520. The van der Waals surface area contributed by atoms with E-state index in [0.717, 1.165) is 67.1 Å². The number of methoxy groups -OCH3 is 1. The van der Waals surface area contributed by atoms with Crippen molar-refractivity contribution in [3.8, 4) is 0 Å². The first-order valence-corrected chi connectivity index (χ1v) is 13.0. The second-order valence-corrected chi connectivity index (χ2v) is 9.15. The Morgan fingerprint density at radius 1 is 1.16 bits per heavy atom. The van der Waals surface area contributed by atoms with Crippen LogP contribution in [0.1, 0.15) is 42.2 Å². The number of nitrogens with one attached hydrogen (secondary N) is 2. The highest BCUT2D eigenvalue weighted by Crippen LogP contribution is 2.34. The molecule has 2 aliphatic rings. The quantitative estimate of drug-likeness (QED) is 0.338. The summed E-state index contributed by atoms with van der Waals surface area (Å²) >= 11 is 16.4. The van der Waals surface area contributed by atoms with Crippen LogP contribution in [0.4, 0.5) is 5.69 Å². The molecule has 0 saturated carbocycles. The third-order valence-corrected chi connectivity index (χ3v) is 7.03. The van der Waals surface area contributed by atoms with Crippen LogP contribution in [0.25, 0.3) is 0 Å². The molecule has 4 nitrogen and oxygen atoms in total. The average molecular weight is 497 g/mol. The Morgan fingerprint density at radius 3 is 2.56 bits per heavy atom. The Morgan fingerprint density at radius 2 is 1.88 bits per heavy atom. The number of ether oxygens (including phenoxy) is 1. The molecule has 4 rings (SSSR count). The SMILES string of the molecule is COC(NCC1CCNCC1)c1ccc2c(c1)CCCN2Cc1c(Cl)cccc1Cl.CS. The first-order chi connectivity index (χ1) is 15.7. The van der Waals surface area contributed by atoms with E-state index in [9.17, 15) is 0 Å². The number of hydrogen-bond acceptors (Lipinski definition) is 5. The summed E-state index contributed by atoms with van der Waals surface area (Å²) in [5, 5.41) is 8.52. The Bertz CT molecular complexity index is 841. The minimum Gasteiger partial charge on any atom is -0.367 e. The molecule has 0 amide bonds. The lowest BCUT2D eigenvalue weighted by Crippen LogP contribution is -2.35. The minimum absolute atomic E-state index is 0.0708. The van der Waals surface area contributed by atoms with Crippen molar-refractivity contribution < 1.29 is 4.74 Å². The van der Waals surface area contributed by atoms with Gasteiger partial charge >= 0.3 is 0 Å². The molecule has 176 valence electrons. The number of hydrogen-bond donors (Lipinski definition) is 3. The normalized spacial score (nSPS) is 17.3. The summed E-state index contributed by atoms with van der Waals surface area (Å²) in [7, 11) is 1.78. The van der Waals surface area contributed by atoms with Crippen molar-refractivity contribution in [3.05, 3.63) is 63.1 Å². The highest BCUT2D eigenvalue weighted by molar-refractivity contribution is 7.79. The Balaban J connectivity index is 0.00000141. The number of rotatable bonds is 7. The van der Waals surface area contributed by atoms with Crippen LogP contribution < -0.4 is 15.5 Å². The van der Waals surface area contributed by atoms with E-state index in [2.05, 4.69) is 46.4 Å². The number of anilines is 1. The molecule has 1 unspecified atom stereocenters. The van der Waals surface area contributed by atoms with Crippen molar-refractivity contribution in [3.63, 3.8) is 0 Å². The fourth-order valence-electron chi connectivity index (χ4n) is 4.59. The van der Waals surface area contributed by atoms with Gasteiger partial charge in [-0.2, -0.15) is 12.6 Å². The van der Waals surface area contributed by atoms with Gasteiger partial charge in [-0.1, -0.05) is 35.3 Å². The second-order valence-electron chi connectivity index (χ2n) is 8.33. The lowest BCUT2D eigenvalue weighted by Gasteiger charge is -2.33. The van der Waals surface area contributed by atoms with Crippen molar-refractivity contribution in [2.45, 2.75) is 38.5 Å². The molecular formula is C25H35Cl2N3OS. The number of halogens is 2. The summed E-state index contributed by atoms with van der Waals surface area (Å²) in [5.41, 5.74) is 4.83. The van der Waals surface area contributed by atoms with Crippen molar-refractivity contribution >= 4 is 41.5 Å². The van der Waals surface area contributed by atoms with E-state index in [0.29, 0.717) is 0 Å². The van der Waals surface area contributed by atoms with Gasteiger partial charge in [0.2, 0.25) is 0 Å². The zero-order valence-corrected chi connectivity index (χ0v) is 21.4. The number of fused-ring (bicyclic) bond motifs is 1. The molecule has 0 aliphatic carbocycles. The van der Waals surface area contributed by atoms with Crippen LogP contribution >= 0.6 is 35.8 Å². The molecule has 0 spiro atoms. The molecule has 7 heteroatoms. The van der Waals surface area contributed by atoms with E-state index in [1.165, 1.54) is 29.7 Å². The predicted octanol–water partition coefficient (Wildman–Crippen LogP) is 5.73. The third kappa shape index (κ3) is 6.55. The molecule has 0 bridgehead atoms. The van der Waals surface area contributed by atoms with E-state index in [-0.39, 0.29) is 6.23 Å². The highest BCUT2D eigenvalue weighted by atomic mass is 35.5. The van der Waals surface area contributed by atoms with Gasteiger partial charge in [0.15, 0.2) is 0 Å². The monoisotopic (exact) mass is 495 g/mol. The molecule has 1 atom stereocenters. The van der Waals surface area contributed by atoms with Gasteiger partial charge in [0.1, 0.15) is 6.23 Å². The van der Waals surface area contributed by atoms with Crippen molar-refractivity contribution in [1.82, 2.24) is 10.6 Å². The summed E-state index contributed by atoms with van der Waals surface area (Å²) in [6, 6.07) is 12.4. The van der Waals surface area contributed by atoms with Gasteiger partial charge in [0, 0.05) is 48.0 Å². The van der Waals surface area contributed by atoms with Gasteiger partial charge in [-0.05, 0) is 86.3 Å². The van der Waals surface area contributed by atoms with Crippen LogP contribution in [0.15, 0.2) is 36.4 Å². The van der Waals surface area contributed by atoms with E-state index < -0.39 is 0 Å². The van der Waals surface area contributed by atoms with E-state index in [4.69, 9.17) is 27.9 Å². The Kier molecular flexibility index (Phi) is 10.5. The van der Waals surface area contributed by atoms with Crippen LogP contribution in [0, 0.1) is 5.92 Å². The average Bonchev–Trinajstić information content (AvgIpc) is 2.84.